The first-order chi connectivity index (χ1) is 17.6. The maximum Gasteiger partial charge on any atom is 0.522 e. The van der Waals surface area contributed by atoms with E-state index in [1.165, 1.54) is 16.8 Å². The first kappa shape index (κ1) is 24.2. The van der Waals surface area contributed by atoms with Crippen LogP contribution in [-0.2, 0) is 16.1 Å². The van der Waals surface area contributed by atoms with Gasteiger partial charge in [-0.1, -0.05) is 11.6 Å². The van der Waals surface area contributed by atoms with Crippen molar-refractivity contribution in [1.29, 1.82) is 0 Å². The molecule has 0 unspecified atom stereocenters. The molecule has 0 spiro atoms. The highest BCUT2D eigenvalue weighted by molar-refractivity contribution is 6.29. The van der Waals surface area contributed by atoms with E-state index in [9.17, 15) is 18.0 Å². The average molecular weight is 544 g/mol. The van der Waals surface area contributed by atoms with E-state index in [2.05, 4.69) is 35.7 Å². The number of alkyl carbamates (subject to hydrolysis) is 1. The number of aromatic amines is 1. The van der Waals surface area contributed by atoms with E-state index in [1.807, 2.05) is 0 Å². The molecule has 3 aromatic heterocycles. The number of halogens is 5. The zero-order valence-electron chi connectivity index (χ0n) is 19.2. The van der Waals surface area contributed by atoms with Crippen LogP contribution in [0.3, 0.4) is 0 Å². The van der Waals surface area contributed by atoms with Gasteiger partial charge in [0.2, 0.25) is 0 Å². The molecular formula is C22H22ClF4N7O3. The normalized spacial score (nSPS) is 28.6. The van der Waals surface area contributed by atoms with Crippen LogP contribution in [0.2, 0.25) is 5.15 Å². The molecule has 198 valence electrons. The van der Waals surface area contributed by atoms with Gasteiger partial charge in [-0.15, -0.1) is 13.2 Å². The summed E-state index contributed by atoms with van der Waals surface area (Å²) < 4.78 is 62.8. The Morgan fingerprint density at radius 1 is 1.27 bits per heavy atom. The summed E-state index contributed by atoms with van der Waals surface area (Å²) in [5.74, 6) is 0.625. The van der Waals surface area contributed by atoms with Crippen molar-refractivity contribution < 1.29 is 31.8 Å². The summed E-state index contributed by atoms with van der Waals surface area (Å²) >= 11 is 6.04. The van der Waals surface area contributed by atoms with Gasteiger partial charge in [0.1, 0.15) is 29.6 Å². The lowest BCUT2D eigenvalue weighted by atomic mass is 9.50. The number of carbonyl (C=O) groups excluding carboxylic acids is 1. The van der Waals surface area contributed by atoms with Crippen LogP contribution in [0.15, 0.2) is 18.3 Å². The molecule has 3 heterocycles. The van der Waals surface area contributed by atoms with E-state index in [-0.39, 0.29) is 22.2 Å². The summed E-state index contributed by atoms with van der Waals surface area (Å²) in [5.41, 5.74) is 0.716. The Hall–Kier alpha value is -3.13. The highest BCUT2D eigenvalue weighted by Gasteiger charge is 2.58. The van der Waals surface area contributed by atoms with Crippen LogP contribution < -0.4 is 10.6 Å². The van der Waals surface area contributed by atoms with Gasteiger partial charge in [0.15, 0.2) is 11.6 Å². The molecule has 0 saturated heterocycles. The third-order valence-corrected chi connectivity index (χ3v) is 7.45. The number of amides is 1. The number of hydrogen-bond donors (Lipinski definition) is 3. The second-order valence-corrected chi connectivity index (χ2v) is 10.3. The molecule has 3 atom stereocenters. The smallest absolute Gasteiger partial charge is 0.443 e. The van der Waals surface area contributed by atoms with Crippen LogP contribution in [0.25, 0.3) is 5.52 Å². The second kappa shape index (κ2) is 8.72. The van der Waals surface area contributed by atoms with E-state index in [1.54, 1.807) is 6.07 Å². The van der Waals surface area contributed by atoms with Crippen LogP contribution in [0, 0.1) is 5.92 Å². The lowest BCUT2D eigenvalue weighted by Gasteiger charge is -2.61. The minimum absolute atomic E-state index is 0.0162. The Kier molecular flexibility index (Phi) is 5.71. The SMILES string of the molecule is O=C(NC12CC(C1)C2)O[C@@H]1CC[C@H](c2cc(Nc3nc(Cl)cn4nc(COC(F)(F)F)cc34)n[nH]2)[C@@H]1F. The van der Waals surface area contributed by atoms with Gasteiger partial charge in [-0.05, 0) is 44.1 Å². The molecule has 4 aliphatic rings. The molecule has 4 saturated carbocycles. The fourth-order valence-electron chi connectivity index (χ4n) is 5.43. The van der Waals surface area contributed by atoms with Gasteiger partial charge < -0.3 is 15.4 Å². The standard InChI is InChI=1S/C22H22ClF4N7O3/c23-16-8-34-14(3-11(33-34)9-36-22(25,26)27)19(28-16)29-17-4-13(31-32-17)12-1-2-15(18(12)24)37-20(35)30-21-5-10(6-21)7-21/h3-4,8,10,12,15,18H,1-2,5-7,9H2,(H,30,35)(H2,28,29,31,32)/t10?,12-,15-,18+,21?/m1/s1. The molecule has 15 heteroatoms. The number of anilines is 2. The number of aromatic nitrogens is 5. The summed E-state index contributed by atoms with van der Waals surface area (Å²) in [6.07, 6.45) is -2.55. The molecule has 3 aromatic rings. The monoisotopic (exact) mass is 543 g/mol. The second-order valence-electron chi connectivity index (χ2n) is 9.90. The number of ether oxygens (including phenoxy) is 2. The molecule has 0 aliphatic heterocycles. The lowest BCUT2D eigenvalue weighted by molar-refractivity contribution is -0.330. The number of alkyl halides is 4. The molecule has 2 bridgehead atoms. The van der Waals surface area contributed by atoms with Gasteiger partial charge in [0.25, 0.3) is 0 Å². The van der Waals surface area contributed by atoms with Gasteiger partial charge in [-0.25, -0.2) is 18.7 Å². The van der Waals surface area contributed by atoms with E-state index >= 15 is 4.39 Å². The Morgan fingerprint density at radius 3 is 2.76 bits per heavy atom. The Morgan fingerprint density at radius 2 is 2.05 bits per heavy atom. The molecule has 37 heavy (non-hydrogen) atoms. The summed E-state index contributed by atoms with van der Waals surface area (Å²) in [6.45, 7) is -0.781. The third-order valence-electron chi connectivity index (χ3n) is 7.27. The van der Waals surface area contributed by atoms with Crippen LogP contribution >= 0.6 is 11.6 Å². The Balaban J connectivity index is 1.11. The zero-order valence-corrected chi connectivity index (χ0v) is 19.9. The minimum Gasteiger partial charge on any atom is -0.443 e. The van der Waals surface area contributed by atoms with E-state index in [0.717, 1.165) is 19.3 Å². The van der Waals surface area contributed by atoms with E-state index in [4.69, 9.17) is 16.3 Å². The zero-order chi connectivity index (χ0) is 25.9. The number of fused-ring (bicyclic) bond motifs is 1. The predicted molar refractivity (Wildman–Crippen MR) is 121 cm³/mol. The maximum absolute atomic E-state index is 15.2. The number of nitrogens with one attached hydrogen (secondary N) is 3. The Bertz CT molecular complexity index is 1330. The highest BCUT2D eigenvalue weighted by atomic mass is 35.5. The first-order valence-corrected chi connectivity index (χ1v) is 12.1. The number of hydrogen-bond acceptors (Lipinski definition) is 7. The van der Waals surface area contributed by atoms with Crippen molar-refractivity contribution in [3.63, 3.8) is 0 Å². The van der Waals surface area contributed by atoms with Crippen molar-refractivity contribution in [3.05, 3.63) is 34.9 Å². The largest absolute Gasteiger partial charge is 0.522 e. The van der Waals surface area contributed by atoms with Crippen molar-refractivity contribution in [3.8, 4) is 0 Å². The molecule has 4 aliphatic carbocycles. The average Bonchev–Trinajstić information content (AvgIpc) is 3.47. The number of nitrogens with zero attached hydrogens (tertiary/aromatic N) is 4. The van der Waals surface area contributed by atoms with Gasteiger partial charge >= 0.3 is 12.5 Å². The van der Waals surface area contributed by atoms with Crippen molar-refractivity contribution in [2.24, 2.45) is 5.92 Å². The summed E-state index contributed by atoms with van der Waals surface area (Å²) in [7, 11) is 0. The minimum atomic E-state index is -4.79. The predicted octanol–water partition coefficient (Wildman–Crippen LogP) is 4.75. The van der Waals surface area contributed by atoms with Crippen molar-refractivity contribution in [2.45, 2.75) is 68.8 Å². The topological polar surface area (TPSA) is 118 Å². The first-order valence-electron chi connectivity index (χ1n) is 11.8. The molecule has 3 N–H and O–H groups in total. The van der Waals surface area contributed by atoms with Crippen molar-refractivity contribution >= 4 is 34.8 Å². The molecule has 0 radical (unpaired) electrons. The highest BCUT2D eigenvalue weighted by Crippen LogP contribution is 2.57. The fourth-order valence-corrected chi connectivity index (χ4v) is 5.61. The summed E-state index contributed by atoms with van der Waals surface area (Å²) in [4.78, 5) is 16.4. The van der Waals surface area contributed by atoms with Crippen LogP contribution in [0.4, 0.5) is 34.0 Å². The molecule has 0 aromatic carbocycles. The Labute approximate surface area is 212 Å². The fraction of sp³-hybridized carbons (Fsp3) is 0.545. The molecular weight excluding hydrogens is 522 g/mol. The van der Waals surface area contributed by atoms with Crippen LogP contribution in [0.5, 0.6) is 0 Å². The van der Waals surface area contributed by atoms with Gasteiger partial charge in [0.05, 0.1) is 11.9 Å². The van der Waals surface area contributed by atoms with Gasteiger partial charge in [-0.3, -0.25) is 9.84 Å². The van der Waals surface area contributed by atoms with Crippen LogP contribution in [0.1, 0.15) is 49.4 Å². The number of rotatable bonds is 7. The summed E-state index contributed by atoms with van der Waals surface area (Å²) in [6, 6.07) is 2.98. The van der Waals surface area contributed by atoms with E-state index in [0.29, 0.717) is 35.8 Å². The van der Waals surface area contributed by atoms with Crippen LogP contribution in [-0.4, -0.2) is 55.1 Å². The van der Waals surface area contributed by atoms with E-state index < -0.39 is 37.3 Å². The quantitative estimate of drug-likeness (QED) is 0.368. The third kappa shape index (κ3) is 4.79. The van der Waals surface area contributed by atoms with Crippen molar-refractivity contribution in [2.75, 3.05) is 5.32 Å². The molecule has 10 nitrogen and oxygen atoms in total. The maximum atomic E-state index is 15.2. The molecule has 7 rings (SSSR count). The van der Waals surface area contributed by atoms with Gasteiger partial charge in [-0.2, -0.15) is 10.2 Å². The lowest BCUT2D eigenvalue weighted by Crippen LogP contribution is -2.68. The number of carbonyl (C=O) groups is 1. The number of H-pyrrole nitrogens is 1. The molecule has 1 amide bonds. The summed E-state index contributed by atoms with van der Waals surface area (Å²) in [5, 5.41) is 16.8. The van der Waals surface area contributed by atoms with Gasteiger partial charge in [0, 0.05) is 23.2 Å². The van der Waals surface area contributed by atoms with Crippen molar-refractivity contribution in [1.82, 2.24) is 30.1 Å². The molecule has 4 fully saturated rings.